The Morgan fingerprint density at radius 1 is 1.11 bits per heavy atom. The van der Waals surface area contributed by atoms with Gasteiger partial charge in [0.2, 0.25) is 10.0 Å². The van der Waals surface area contributed by atoms with Crippen LogP contribution in [-0.4, -0.2) is 60.9 Å². The second kappa shape index (κ2) is 8.51. The van der Waals surface area contributed by atoms with E-state index in [0.717, 1.165) is 25.7 Å². The van der Waals surface area contributed by atoms with Crippen LogP contribution in [0.5, 0.6) is 0 Å². The lowest BCUT2D eigenvalue weighted by atomic mass is 10.1. The van der Waals surface area contributed by atoms with Crippen molar-refractivity contribution in [3.8, 4) is 0 Å². The topological polar surface area (TPSA) is 66.9 Å². The fourth-order valence-corrected chi connectivity index (χ4v) is 5.65. The van der Waals surface area contributed by atoms with Crippen LogP contribution in [0.1, 0.15) is 63.7 Å². The summed E-state index contributed by atoms with van der Waals surface area (Å²) < 4.78 is 33.1. The quantitative estimate of drug-likeness (QED) is 0.694. The lowest BCUT2D eigenvalue weighted by Gasteiger charge is -2.34. The highest BCUT2D eigenvalue weighted by Crippen LogP contribution is 2.32. The Hall–Kier alpha value is -1.44. The van der Waals surface area contributed by atoms with Crippen molar-refractivity contribution in [3.05, 3.63) is 29.8 Å². The normalized spacial score (nSPS) is 23.8. The van der Waals surface area contributed by atoms with Gasteiger partial charge >= 0.3 is 0 Å². The van der Waals surface area contributed by atoms with Crippen molar-refractivity contribution in [3.63, 3.8) is 0 Å². The minimum Gasteiger partial charge on any atom is -0.373 e. The molecule has 2 atom stereocenters. The molecule has 0 aromatic heterocycles. The van der Waals surface area contributed by atoms with Crippen molar-refractivity contribution in [2.75, 3.05) is 13.1 Å². The number of benzene rings is 1. The minimum atomic E-state index is -3.59. The summed E-state index contributed by atoms with van der Waals surface area (Å²) in [6.07, 6.45) is 3.71. The number of morpholine rings is 1. The molecule has 0 N–H and O–H groups in total. The highest BCUT2D eigenvalue weighted by Gasteiger charge is 2.37. The van der Waals surface area contributed by atoms with Gasteiger partial charge in [0.05, 0.1) is 17.1 Å². The number of carbonyl (C=O) groups excluding carboxylic acids is 1. The lowest BCUT2D eigenvalue weighted by molar-refractivity contribution is -0.0440. The van der Waals surface area contributed by atoms with Gasteiger partial charge in [-0.15, -0.1) is 0 Å². The standard InChI is InChI=1S/C21H32N2O4S/c1-5-18(6-2)23(19-9-10-19)21(24)17-7-11-20(12-8-17)28(25,26)22-13-15(3)27-16(4)14-22/h7-8,11-12,15-16,18-19H,5-6,9-10,13-14H2,1-4H3/t15-,16+. The summed E-state index contributed by atoms with van der Waals surface area (Å²) in [5, 5.41) is 0. The molecule has 1 aliphatic heterocycles. The Morgan fingerprint density at radius 2 is 1.64 bits per heavy atom. The maximum absolute atomic E-state index is 13.1. The molecule has 6 nitrogen and oxygen atoms in total. The Labute approximate surface area is 168 Å². The maximum atomic E-state index is 13.1. The van der Waals surface area contributed by atoms with Crippen LogP contribution in [-0.2, 0) is 14.8 Å². The summed E-state index contributed by atoms with van der Waals surface area (Å²) in [6.45, 7) is 8.66. The van der Waals surface area contributed by atoms with Crippen molar-refractivity contribution >= 4 is 15.9 Å². The van der Waals surface area contributed by atoms with Gasteiger partial charge < -0.3 is 9.64 Å². The molecule has 3 rings (SSSR count). The molecule has 1 saturated heterocycles. The Morgan fingerprint density at radius 3 is 2.11 bits per heavy atom. The van der Waals surface area contributed by atoms with Crippen LogP contribution in [0.2, 0.25) is 0 Å². The van der Waals surface area contributed by atoms with Gasteiger partial charge in [0.15, 0.2) is 0 Å². The highest BCUT2D eigenvalue weighted by molar-refractivity contribution is 7.89. The van der Waals surface area contributed by atoms with Crippen molar-refractivity contribution in [2.45, 2.75) is 82.6 Å². The first-order chi connectivity index (χ1) is 13.3. The molecule has 1 aromatic carbocycles. The number of rotatable bonds is 7. The first kappa shape index (κ1) is 21.3. The molecular formula is C21H32N2O4S. The van der Waals surface area contributed by atoms with Gasteiger partial charge in [-0.05, 0) is 63.8 Å². The summed E-state index contributed by atoms with van der Waals surface area (Å²) in [5.41, 5.74) is 0.557. The predicted octanol–water partition coefficient (Wildman–Crippen LogP) is 3.28. The second-order valence-electron chi connectivity index (χ2n) is 8.02. The third-order valence-electron chi connectivity index (χ3n) is 5.64. The number of hydrogen-bond donors (Lipinski definition) is 0. The van der Waals surface area contributed by atoms with Gasteiger partial charge in [-0.1, -0.05) is 13.8 Å². The molecule has 2 aliphatic rings. The SMILES string of the molecule is CCC(CC)N(C(=O)c1ccc(S(=O)(=O)N2C[C@@H](C)O[C@@H](C)C2)cc1)C1CC1. The number of nitrogens with zero attached hydrogens (tertiary/aromatic N) is 2. The summed E-state index contributed by atoms with van der Waals surface area (Å²) in [6, 6.07) is 6.99. The zero-order chi connectivity index (χ0) is 20.5. The minimum absolute atomic E-state index is 0.00812. The van der Waals surface area contributed by atoms with E-state index in [0.29, 0.717) is 24.7 Å². The van der Waals surface area contributed by atoms with Crippen LogP contribution < -0.4 is 0 Å². The van der Waals surface area contributed by atoms with Crippen molar-refractivity contribution in [1.82, 2.24) is 9.21 Å². The predicted molar refractivity (Wildman–Crippen MR) is 109 cm³/mol. The molecular weight excluding hydrogens is 376 g/mol. The maximum Gasteiger partial charge on any atom is 0.254 e. The molecule has 0 spiro atoms. The van der Waals surface area contributed by atoms with E-state index in [1.165, 1.54) is 4.31 Å². The molecule has 0 unspecified atom stereocenters. The monoisotopic (exact) mass is 408 g/mol. The molecule has 28 heavy (non-hydrogen) atoms. The van der Waals surface area contributed by atoms with Gasteiger partial charge in [-0.3, -0.25) is 4.79 Å². The molecule has 0 bridgehead atoms. The third-order valence-corrected chi connectivity index (χ3v) is 7.48. The van der Waals surface area contributed by atoms with Crippen LogP contribution in [0.4, 0.5) is 0 Å². The molecule has 0 radical (unpaired) electrons. The molecule has 1 heterocycles. The highest BCUT2D eigenvalue weighted by atomic mass is 32.2. The number of carbonyl (C=O) groups is 1. The summed E-state index contributed by atoms with van der Waals surface area (Å²) >= 11 is 0. The van der Waals surface area contributed by atoms with Gasteiger partial charge in [0.1, 0.15) is 0 Å². The average molecular weight is 409 g/mol. The van der Waals surface area contributed by atoms with Crippen LogP contribution in [0.3, 0.4) is 0 Å². The summed E-state index contributed by atoms with van der Waals surface area (Å²) in [7, 11) is -3.59. The van der Waals surface area contributed by atoms with Crippen LogP contribution in [0.15, 0.2) is 29.2 Å². The fraction of sp³-hybridized carbons (Fsp3) is 0.667. The zero-order valence-electron chi connectivity index (χ0n) is 17.3. The number of hydrogen-bond acceptors (Lipinski definition) is 4. The van der Waals surface area contributed by atoms with Gasteiger partial charge in [0, 0.05) is 30.7 Å². The lowest BCUT2D eigenvalue weighted by Crippen LogP contribution is -2.48. The van der Waals surface area contributed by atoms with E-state index in [2.05, 4.69) is 13.8 Å². The number of ether oxygens (including phenoxy) is 1. The Kier molecular flexibility index (Phi) is 6.47. The van der Waals surface area contributed by atoms with E-state index in [4.69, 9.17) is 4.74 Å². The molecule has 2 fully saturated rings. The first-order valence-electron chi connectivity index (χ1n) is 10.4. The van der Waals surface area contributed by atoms with Crippen molar-refractivity contribution in [1.29, 1.82) is 0 Å². The number of amides is 1. The summed E-state index contributed by atoms with van der Waals surface area (Å²) in [4.78, 5) is 15.3. The van der Waals surface area contributed by atoms with E-state index in [9.17, 15) is 13.2 Å². The van der Waals surface area contributed by atoms with Gasteiger partial charge in [-0.2, -0.15) is 4.31 Å². The van der Waals surface area contributed by atoms with E-state index in [-0.39, 0.29) is 29.1 Å². The third kappa shape index (κ3) is 4.42. The number of sulfonamides is 1. The molecule has 1 amide bonds. The van der Waals surface area contributed by atoms with Crippen LogP contribution in [0, 0.1) is 0 Å². The molecule has 1 aliphatic carbocycles. The van der Waals surface area contributed by atoms with Crippen molar-refractivity contribution in [2.24, 2.45) is 0 Å². The zero-order valence-corrected chi connectivity index (χ0v) is 18.1. The molecule has 156 valence electrons. The van der Waals surface area contributed by atoms with E-state index >= 15 is 0 Å². The van der Waals surface area contributed by atoms with Gasteiger partial charge in [0.25, 0.3) is 5.91 Å². The second-order valence-corrected chi connectivity index (χ2v) is 9.96. The largest absolute Gasteiger partial charge is 0.373 e. The fourth-order valence-electron chi connectivity index (χ4n) is 4.06. The molecule has 1 aromatic rings. The Balaban J connectivity index is 1.79. The van der Waals surface area contributed by atoms with Crippen LogP contribution in [0.25, 0.3) is 0 Å². The van der Waals surface area contributed by atoms with Crippen molar-refractivity contribution < 1.29 is 17.9 Å². The summed E-state index contributed by atoms with van der Waals surface area (Å²) in [5.74, 6) is 0.00812. The Bertz CT molecular complexity index is 775. The van der Waals surface area contributed by atoms with E-state index in [1.54, 1.807) is 24.3 Å². The first-order valence-corrected chi connectivity index (χ1v) is 11.8. The van der Waals surface area contributed by atoms with E-state index in [1.807, 2.05) is 18.7 Å². The average Bonchev–Trinajstić information content (AvgIpc) is 3.49. The molecule has 7 heteroatoms. The molecule has 1 saturated carbocycles. The smallest absolute Gasteiger partial charge is 0.254 e. The van der Waals surface area contributed by atoms with Gasteiger partial charge in [-0.25, -0.2) is 8.42 Å². The van der Waals surface area contributed by atoms with Crippen LogP contribution >= 0.6 is 0 Å². The van der Waals surface area contributed by atoms with E-state index < -0.39 is 10.0 Å².